The van der Waals surface area contributed by atoms with Crippen molar-refractivity contribution in [2.75, 3.05) is 0 Å². The maximum absolute atomic E-state index is 5.95. The molecular weight excluding hydrogens is 270 g/mol. The number of rotatable bonds is 4. The zero-order valence-electron chi connectivity index (χ0n) is 12.4. The predicted molar refractivity (Wildman–Crippen MR) is 83.9 cm³/mol. The number of hydrogen-bond acceptors (Lipinski definition) is 2. The van der Waals surface area contributed by atoms with Crippen LogP contribution in [0.15, 0.2) is 30.3 Å². The highest BCUT2D eigenvalue weighted by atomic mass is 35.5. The Morgan fingerprint density at radius 3 is 2.55 bits per heavy atom. The summed E-state index contributed by atoms with van der Waals surface area (Å²) in [4.78, 5) is 4.57. The molecule has 1 aromatic heterocycles. The molecule has 0 bridgehead atoms. The maximum atomic E-state index is 5.95. The van der Waals surface area contributed by atoms with Crippen molar-refractivity contribution < 1.29 is 4.74 Å². The number of hydrogen-bond donors (Lipinski definition) is 0. The lowest BCUT2D eigenvalue weighted by molar-refractivity contribution is 0.455. The van der Waals surface area contributed by atoms with E-state index in [-0.39, 0.29) is 0 Å². The van der Waals surface area contributed by atoms with Crippen LogP contribution in [0, 0.1) is 13.8 Å². The molecule has 0 aliphatic carbocycles. The van der Waals surface area contributed by atoms with Crippen LogP contribution in [0.3, 0.4) is 0 Å². The lowest BCUT2D eigenvalue weighted by Crippen LogP contribution is -1.98. The molecular formula is C17H20ClNO. The van der Waals surface area contributed by atoms with E-state index in [0.29, 0.717) is 17.7 Å². The van der Waals surface area contributed by atoms with Gasteiger partial charge in [0.25, 0.3) is 0 Å². The van der Waals surface area contributed by atoms with Crippen molar-refractivity contribution in [3.63, 3.8) is 0 Å². The van der Waals surface area contributed by atoms with Gasteiger partial charge in [0.2, 0.25) is 5.88 Å². The number of alkyl halides is 1. The van der Waals surface area contributed by atoms with Crippen LogP contribution in [0.2, 0.25) is 0 Å². The Morgan fingerprint density at radius 2 is 1.90 bits per heavy atom. The molecule has 0 atom stereocenters. The fraction of sp³-hybridized carbons (Fsp3) is 0.353. The summed E-state index contributed by atoms with van der Waals surface area (Å²) in [6.07, 6.45) is 0. The van der Waals surface area contributed by atoms with Crippen LogP contribution >= 0.6 is 11.6 Å². The molecule has 0 saturated heterocycles. The van der Waals surface area contributed by atoms with Gasteiger partial charge in [-0.2, -0.15) is 0 Å². The molecule has 0 radical (unpaired) electrons. The largest absolute Gasteiger partial charge is 0.439 e. The van der Waals surface area contributed by atoms with E-state index in [1.165, 1.54) is 5.56 Å². The number of aromatic nitrogens is 1. The molecule has 0 amide bonds. The SMILES string of the molecule is Cc1ccc(C)c(Oc2cc(CCl)cc(C(C)C)n2)c1. The Balaban J connectivity index is 2.37. The van der Waals surface area contributed by atoms with Crippen LogP contribution in [0.1, 0.15) is 42.1 Å². The summed E-state index contributed by atoms with van der Waals surface area (Å²) in [5.41, 5.74) is 4.30. The Labute approximate surface area is 125 Å². The van der Waals surface area contributed by atoms with Gasteiger partial charge in [-0.1, -0.05) is 26.0 Å². The second-order valence-electron chi connectivity index (χ2n) is 5.40. The average molecular weight is 290 g/mol. The van der Waals surface area contributed by atoms with Crippen LogP contribution in [-0.2, 0) is 5.88 Å². The smallest absolute Gasteiger partial charge is 0.219 e. The molecule has 0 aliphatic rings. The first kappa shape index (κ1) is 14.9. The van der Waals surface area contributed by atoms with Gasteiger partial charge in [-0.15, -0.1) is 11.6 Å². The van der Waals surface area contributed by atoms with Crippen LogP contribution in [0.25, 0.3) is 0 Å². The highest BCUT2D eigenvalue weighted by Crippen LogP contribution is 2.27. The van der Waals surface area contributed by atoms with Crippen molar-refractivity contribution >= 4 is 11.6 Å². The molecule has 0 spiro atoms. The zero-order valence-corrected chi connectivity index (χ0v) is 13.2. The molecule has 0 fully saturated rings. The third-order valence-electron chi connectivity index (χ3n) is 3.19. The molecule has 20 heavy (non-hydrogen) atoms. The predicted octanol–water partition coefficient (Wildman–Crippen LogP) is 5.35. The van der Waals surface area contributed by atoms with Crippen LogP contribution in [-0.4, -0.2) is 4.98 Å². The summed E-state index contributed by atoms with van der Waals surface area (Å²) in [5, 5.41) is 0. The van der Waals surface area contributed by atoms with E-state index in [0.717, 1.165) is 22.6 Å². The van der Waals surface area contributed by atoms with Gasteiger partial charge in [0, 0.05) is 17.6 Å². The van der Waals surface area contributed by atoms with Crippen LogP contribution in [0.5, 0.6) is 11.6 Å². The molecule has 0 saturated carbocycles. The fourth-order valence-corrected chi connectivity index (χ4v) is 2.09. The van der Waals surface area contributed by atoms with Crippen molar-refractivity contribution in [1.82, 2.24) is 4.98 Å². The quantitative estimate of drug-likeness (QED) is 0.708. The van der Waals surface area contributed by atoms with Gasteiger partial charge in [0.1, 0.15) is 5.75 Å². The van der Waals surface area contributed by atoms with E-state index in [1.807, 2.05) is 25.1 Å². The maximum Gasteiger partial charge on any atom is 0.219 e. The molecule has 2 rings (SSSR count). The Bertz CT molecular complexity index is 608. The molecule has 2 nitrogen and oxygen atoms in total. The monoisotopic (exact) mass is 289 g/mol. The van der Waals surface area contributed by atoms with E-state index in [9.17, 15) is 0 Å². The molecule has 0 unspecified atom stereocenters. The van der Waals surface area contributed by atoms with Gasteiger partial charge >= 0.3 is 0 Å². The molecule has 2 aromatic rings. The Hall–Kier alpha value is -1.54. The number of halogens is 1. The van der Waals surface area contributed by atoms with E-state index in [4.69, 9.17) is 16.3 Å². The summed E-state index contributed by atoms with van der Waals surface area (Å²) in [6, 6.07) is 10.1. The van der Waals surface area contributed by atoms with Gasteiger partial charge in [-0.05, 0) is 48.6 Å². The van der Waals surface area contributed by atoms with Crippen molar-refractivity contribution in [3.05, 3.63) is 52.7 Å². The standard InChI is InChI=1S/C17H20ClNO/c1-11(2)15-8-14(10-18)9-17(19-15)20-16-7-12(3)5-6-13(16)4/h5-9,11H,10H2,1-4H3. The summed E-state index contributed by atoms with van der Waals surface area (Å²) in [6.45, 7) is 8.31. The molecule has 3 heteroatoms. The highest BCUT2D eigenvalue weighted by Gasteiger charge is 2.09. The first-order valence-corrected chi connectivity index (χ1v) is 7.35. The first-order valence-electron chi connectivity index (χ1n) is 6.81. The zero-order chi connectivity index (χ0) is 14.7. The Morgan fingerprint density at radius 1 is 1.15 bits per heavy atom. The lowest BCUT2D eigenvalue weighted by Gasteiger charge is -2.12. The molecule has 0 aliphatic heterocycles. The first-order chi connectivity index (χ1) is 9.49. The van der Waals surface area contributed by atoms with Crippen molar-refractivity contribution in [1.29, 1.82) is 0 Å². The number of ether oxygens (including phenoxy) is 1. The molecule has 106 valence electrons. The van der Waals surface area contributed by atoms with E-state index < -0.39 is 0 Å². The number of aryl methyl sites for hydroxylation is 2. The third-order valence-corrected chi connectivity index (χ3v) is 3.49. The topological polar surface area (TPSA) is 22.1 Å². The summed E-state index contributed by atoms with van der Waals surface area (Å²) >= 11 is 5.95. The van der Waals surface area contributed by atoms with Gasteiger partial charge in [0.05, 0.1) is 0 Å². The summed E-state index contributed by atoms with van der Waals surface area (Å²) in [7, 11) is 0. The minimum absolute atomic E-state index is 0.346. The van der Waals surface area contributed by atoms with E-state index >= 15 is 0 Å². The van der Waals surface area contributed by atoms with E-state index in [2.05, 4.69) is 37.9 Å². The van der Waals surface area contributed by atoms with Crippen LogP contribution in [0.4, 0.5) is 0 Å². The summed E-state index contributed by atoms with van der Waals surface area (Å²) in [5.74, 6) is 2.27. The second-order valence-corrected chi connectivity index (χ2v) is 5.67. The second kappa shape index (κ2) is 6.27. The minimum atomic E-state index is 0.346. The van der Waals surface area contributed by atoms with Crippen molar-refractivity contribution in [3.8, 4) is 11.6 Å². The van der Waals surface area contributed by atoms with Crippen LogP contribution < -0.4 is 4.74 Å². The lowest BCUT2D eigenvalue weighted by atomic mass is 10.1. The third kappa shape index (κ3) is 3.51. The molecule has 1 aromatic carbocycles. The van der Waals surface area contributed by atoms with Gasteiger partial charge < -0.3 is 4.74 Å². The minimum Gasteiger partial charge on any atom is -0.439 e. The summed E-state index contributed by atoms with van der Waals surface area (Å²) < 4.78 is 5.95. The van der Waals surface area contributed by atoms with Gasteiger partial charge in [-0.25, -0.2) is 4.98 Å². The number of nitrogens with zero attached hydrogens (tertiary/aromatic N) is 1. The fourth-order valence-electron chi connectivity index (χ4n) is 1.94. The highest BCUT2D eigenvalue weighted by molar-refractivity contribution is 6.17. The molecule has 0 N–H and O–H groups in total. The van der Waals surface area contributed by atoms with Gasteiger partial charge in [-0.3, -0.25) is 0 Å². The normalized spacial score (nSPS) is 10.9. The average Bonchev–Trinajstić information content (AvgIpc) is 2.42. The van der Waals surface area contributed by atoms with Gasteiger partial charge in [0.15, 0.2) is 0 Å². The van der Waals surface area contributed by atoms with Crippen molar-refractivity contribution in [2.45, 2.75) is 39.5 Å². The number of benzene rings is 1. The molecule has 1 heterocycles. The Kier molecular flexibility index (Phi) is 4.66. The van der Waals surface area contributed by atoms with E-state index in [1.54, 1.807) is 0 Å². The number of pyridine rings is 1. The van der Waals surface area contributed by atoms with Crippen molar-refractivity contribution in [2.24, 2.45) is 0 Å².